The number of nitrogens with zero attached hydrogens (tertiary/aromatic N) is 3. The van der Waals surface area contributed by atoms with Gasteiger partial charge in [0.2, 0.25) is 11.6 Å². The van der Waals surface area contributed by atoms with Crippen LogP contribution in [0.25, 0.3) is 0 Å². The van der Waals surface area contributed by atoms with Crippen molar-refractivity contribution in [2.75, 3.05) is 10.7 Å². The first kappa shape index (κ1) is 14.3. The molecule has 0 aliphatic carbocycles. The van der Waals surface area contributed by atoms with Gasteiger partial charge in [-0.2, -0.15) is 0 Å². The molecule has 0 aliphatic heterocycles. The standard InChI is InChI=1S/C10H8Cl2N6O2/c11-5-2-1-3-6(7(5)12)16-9-8(18(19)20)10(17-13)15-4-14-9/h1-4H,13H2,(H2,14,15,16,17). The molecule has 1 heterocycles. The van der Waals surface area contributed by atoms with Crippen molar-refractivity contribution in [2.24, 2.45) is 5.84 Å². The van der Waals surface area contributed by atoms with Gasteiger partial charge in [0.25, 0.3) is 0 Å². The summed E-state index contributed by atoms with van der Waals surface area (Å²) in [5, 5.41) is 14.3. The maximum absolute atomic E-state index is 11.1. The first-order valence-corrected chi connectivity index (χ1v) is 5.97. The third kappa shape index (κ3) is 2.72. The molecule has 1 aromatic heterocycles. The Morgan fingerprint density at radius 2 is 1.95 bits per heavy atom. The summed E-state index contributed by atoms with van der Waals surface area (Å²) in [6, 6.07) is 4.84. The fraction of sp³-hybridized carbons (Fsp3) is 0. The van der Waals surface area contributed by atoms with E-state index in [9.17, 15) is 10.1 Å². The molecule has 4 N–H and O–H groups in total. The van der Waals surface area contributed by atoms with Gasteiger partial charge in [0.05, 0.1) is 20.7 Å². The molecule has 0 saturated carbocycles. The van der Waals surface area contributed by atoms with E-state index in [0.29, 0.717) is 10.7 Å². The number of nitrogens with one attached hydrogen (secondary N) is 2. The molecule has 0 atom stereocenters. The van der Waals surface area contributed by atoms with Crippen LogP contribution in [0.1, 0.15) is 0 Å². The summed E-state index contributed by atoms with van der Waals surface area (Å²) in [6.07, 6.45) is 1.13. The van der Waals surface area contributed by atoms with Crippen molar-refractivity contribution in [3.8, 4) is 0 Å². The fourth-order valence-corrected chi connectivity index (χ4v) is 1.82. The lowest BCUT2D eigenvalue weighted by molar-refractivity contribution is -0.383. The van der Waals surface area contributed by atoms with Crippen molar-refractivity contribution in [3.05, 3.63) is 44.7 Å². The molecule has 20 heavy (non-hydrogen) atoms. The van der Waals surface area contributed by atoms with Gasteiger partial charge in [-0.3, -0.25) is 10.1 Å². The third-order valence-corrected chi connectivity index (χ3v) is 3.17. The molecule has 0 amide bonds. The van der Waals surface area contributed by atoms with E-state index >= 15 is 0 Å². The fourth-order valence-electron chi connectivity index (χ4n) is 1.48. The highest BCUT2D eigenvalue weighted by Crippen LogP contribution is 2.35. The van der Waals surface area contributed by atoms with E-state index in [2.05, 4.69) is 20.7 Å². The van der Waals surface area contributed by atoms with Gasteiger partial charge in [0, 0.05) is 0 Å². The molecule has 0 radical (unpaired) electrons. The highest BCUT2D eigenvalue weighted by molar-refractivity contribution is 6.43. The zero-order chi connectivity index (χ0) is 14.7. The Morgan fingerprint density at radius 3 is 2.60 bits per heavy atom. The summed E-state index contributed by atoms with van der Waals surface area (Å²) in [7, 11) is 0. The van der Waals surface area contributed by atoms with Crippen molar-refractivity contribution in [3.63, 3.8) is 0 Å². The first-order valence-electron chi connectivity index (χ1n) is 5.21. The third-order valence-electron chi connectivity index (χ3n) is 2.35. The van der Waals surface area contributed by atoms with Crippen LogP contribution in [0.15, 0.2) is 24.5 Å². The van der Waals surface area contributed by atoms with Gasteiger partial charge >= 0.3 is 5.69 Å². The molecule has 10 heteroatoms. The Hall–Kier alpha value is -2.16. The highest BCUT2D eigenvalue weighted by atomic mass is 35.5. The number of nitro groups is 1. The summed E-state index contributed by atoms with van der Waals surface area (Å²) in [4.78, 5) is 17.9. The average Bonchev–Trinajstić information content (AvgIpc) is 2.43. The molecular formula is C10H8Cl2N6O2. The minimum absolute atomic E-state index is 0.0536. The second kappa shape index (κ2) is 5.87. The maximum atomic E-state index is 11.1. The number of halogens is 2. The molecule has 0 unspecified atom stereocenters. The van der Waals surface area contributed by atoms with E-state index in [1.165, 1.54) is 0 Å². The Morgan fingerprint density at radius 1 is 1.25 bits per heavy atom. The van der Waals surface area contributed by atoms with Crippen molar-refractivity contribution < 1.29 is 4.92 Å². The predicted molar refractivity (Wildman–Crippen MR) is 76.2 cm³/mol. The first-order chi connectivity index (χ1) is 9.54. The minimum atomic E-state index is -0.657. The Bertz CT molecular complexity index is 666. The Balaban J connectivity index is 2.48. The molecule has 0 saturated heterocycles. The molecular weight excluding hydrogens is 307 g/mol. The number of hydrazine groups is 1. The van der Waals surface area contributed by atoms with E-state index in [0.717, 1.165) is 6.33 Å². The van der Waals surface area contributed by atoms with Gasteiger partial charge < -0.3 is 10.7 Å². The average molecular weight is 315 g/mol. The number of aromatic nitrogens is 2. The number of hydrogen-bond acceptors (Lipinski definition) is 7. The number of nitrogen functional groups attached to an aromatic ring is 1. The van der Waals surface area contributed by atoms with E-state index in [-0.39, 0.29) is 16.7 Å². The number of benzene rings is 1. The van der Waals surface area contributed by atoms with Crippen molar-refractivity contribution >= 4 is 46.2 Å². The van der Waals surface area contributed by atoms with Gasteiger partial charge in [-0.05, 0) is 12.1 Å². The molecule has 2 aromatic rings. The van der Waals surface area contributed by atoms with E-state index in [1.807, 2.05) is 0 Å². The second-order valence-corrected chi connectivity index (χ2v) is 4.33. The van der Waals surface area contributed by atoms with E-state index < -0.39 is 10.6 Å². The highest BCUT2D eigenvalue weighted by Gasteiger charge is 2.23. The van der Waals surface area contributed by atoms with Crippen LogP contribution in [0, 0.1) is 10.1 Å². The van der Waals surface area contributed by atoms with Crippen LogP contribution in [0.2, 0.25) is 10.0 Å². The molecule has 8 nitrogen and oxygen atoms in total. The topological polar surface area (TPSA) is 119 Å². The number of hydrogen-bond donors (Lipinski definition) is 3. The van der Waals surface area contributed by atoms with Crippen LogP contribution in [0.4, 0.5) is 23.0 Å². The molecule has 1 aromatic carbocycles. The van der Waals surface area contributed by atoms with Gasteiger partial charge in [0.15, 0.2) is 0 Å². The number of rotatable bonds is 4. The summed E-state index contributed by atoms with van der Waals surface area (Å²) in [6.45, 7) is 0. The van der Waals surface area contributed by atoms with Crippen LogP contribution in [-0.4, -0.2) is 14.9 Å². The summed E-state index contributed by atoms with van der Waals surface area (Å²) < 4.78 is 0. The van der Waals surface area contributed by atoms with Crippen LogP contribution in [-0.2, 0) is 0 Å². The monoisotopic (exact) mass is 314 g/mol. The lowest BCUT2D eigenvalue weighted by atomic mass is 10.3. The molecule has 0 spiro atoms. The minimum Gasteiger partial charge on any atom is -0.333 e. The number of nitrogens with two attached hydrogens (primary N) is 1. The predicted octanol–water partition coefficient (Wildman–Crippen LogP) is 2.72. The SMILES string of the molecule is NNc1ncnc(Nc2cccc(Cl)c2Cl)c1[N+](=O)[O-]. The summed E-state index contributed by atoms with van der Waals surface area (Å²) in [5.41, 5.74) is 2.12. The van der Waals surface area contributed by atoms with Crippen LogP contribution >= 0.6 is 23.2 Å². The van der Waals surface area contributed by atoms with E-state index in [1.54, 1.807) is 18.2 Å². The van der Waals surface area contributed by atoms with Gasteiger partial charge in [0.1, 0.15) is 6.33 Å². The molecule has 2 rings (SSSR count). The van der Waals surface area contributed by atoms with Gasteiger partial charge in [-0.25, -0.2) is 15.8 Å². The Labute approximate surface area is 123 Å². The Kier molecular flexibility index (Phi) is 4.18. The lowest BCUT2D eigenvalue weighted by Gasteiger charge is -2.10. The lowest BCUT2D eigenvalue weighted by Crippen LogP contribution is -2.12. The van der Waals surface area contributed by atoms with Crippen LogP contribution in [0.5, 0.6) is 0 Å². The summed E-state index contributed by atoms with van der Waals surface area (Å²) in [5.74, 6) is 5.01. The maximum Gasteiger partial charge on any atom is 0.354 e. The normalized spacial score (nSPS) is 10.2. The van der Waals surface area contributed by atoms with Crippen LogP contribution in [0.3, 0.4) is 0 Å². The zero-order valence-corrected chi connectivity index (χ0v) is 11.3. The molecule has 0 aliphatic rings. The van der Waals surface area contributed by atoms with Gasteiger partial charge in [-0.15, -0.1) is 0 Å². The summed E-state index contributed by atoms with van der Waals surface area (Å²) >= 11 is 11.9. The molecule has 0 bridgehead atoms. The van der Waals surface area contributed by atoms with Crippen molar-refractivity contribution in [1.29, 1.82) is 0 Å². The van der Waals surface area contributed by atoms with E-state index in [4.69, 9.17) is 29.0 Å². The second-order valence-electron chi connectivity index (χ2n) is 3.55. The number of anilines is 3. The quantitative estimate of drug-likeness (QED) is 0.451. The molecule has 104 valence electrons. The zero-order valence-electron chi connectivity index (χ0n) is 9.80. The van der Waals surface area contributed by atoms with Crippen molar-refractivity contribution in [2.45, 2.75) is 0 Å². The smallest absolute Gasteiger partial charge is 0.333 e. The molecule has 0 fully saturated rings. The largest absolute Gasteiger partial charge is 0.354 e. The van der Waals surface area contributed by atoms with Crippen molar-refractivity contribution in [1.82, 2.24) is 9.97 Å². The van der Waals surface area contributed by atoms with Gasteiger partial charge in [-0.1, -0.05) is 29.3 Å². The van der Waals surface area contributed by atoms with Crippen LogP contribution < -0.4 is 16.6 Å².